The number of hydrogen-bond acceptors (Lipinski definition) is 6. The molecule has 3 aromatic carbocycles. The second-order valence-corrected chi connectivity index (χ2v) is 11.3. The molecule has 4 aromatic rings. The van der Waals surface area contributed by atoms with Gasteiger partial charge in [-0.1, -0.05) is 30.3 Å². The van der Waals surface area contributed by atoms with Crippen molar-refractivity contribution in [3.63, 3.8) is 0 Å². The molecule has 0 saturated heterocycles. The minimum Gasteiger partial charge on any atom is -0.493 e. The third-order valence-corrected chi connectivity index (χ3v) is 8.13. The van der Waals surface area contributed by atoms with Crippen LogP contribution in [0.3, 0.4) is 0 Å². The summed E-state index contributed by atoms with van der Waals surface area (Å²) in [6.45, 7) is 0.927. The summed E-state index contributed by atoms with van der Waals surface area (Å²) in [5.74, 6) is -0.176. The molecule has 0 bridgehead atoms. The highest BCUT2D eigenvalue weighted by atomic mass is 32.2. The molecule has 0 atom stereocenters. The average molecular weight is 604 g/mol. The molecule has 222 valence electrons. The van der Waals surface area contributed by atoms with Crippen LogP contribution in [0, 0.1) is 6.92 Å². The number of aryl methyl sites for hydroxylation is 1. The lowest BCUT2D eigenvalue weighted by molar-refractivity contribution is -0.138. The number of para-hydroxylation sites is 1. The summed E-state index contributed by atoms with van der Waals surface area (Å²) in [7, 11) is -2.82. The number of rotatable bonds is 12. The van der Waals surface area contributed by atoms with Gasteiger partial charge in [-0.25, -0.2) is 4.98 Å². The van der Waals surface area contributed by atoms with Crippen molar-refractivity contribution in [1.82, 2.24) is 9.29 Å². The maximum Gasteiger partial charge on any atom is 0.416 e. The van der Waals surface area contributed by atoms with Gasteiger partial charge in [-0.2, -0.15) is 25.9 Å². The van der Waals surface area contributed by atoms with Crippen LogP contribution in [-0.2, 0) is 34.1 Å². The van der Waals surface area contributed by atoms with Crippen LogP contribution in [0.25, 0.3) is 11.5 Å². The van der Waals surface area contributed by atoms with Crippen molar-refractivity contribution in [2.45, 2.75) is 26.1 Å². The number of oxazole rings is 1. The summed E-state index contributed by atoms with van der Waals surface area (Å²) in [5, 5.41) is 9.39. The van der Waals surface area contributed by atoms with Crippen LogP contribution >= 0.6 is 0 Å². The third-order valence-electron chi connectivity index (χ3n) is 6.32. The zero-order chi connectivity index (χ0) is 30.5. The fourth-order valence-corrected chi connectivity index (χ4v) is 5.42. The number of anilines is 1. The maximum atomic E-state index is 13.3. The number of carbonyl (C=O) groups is 1. The highest BCUT2D eigenvalue weighted by Gasteiger charge is 2.31. The van der Waals surface area contributed by atoms with E-state index in [2.05, 4.69) is 4.98 Å². The van der Waals surface area contributed by atoms with Crippen molar-refractivity contribution in [3.8, 4) is 17.2 Å². The molecule has 13 heteroatoms. The van der Waals surface area contributed by atoms with E-state index in [1.165, 1.54) is 19.2 Å². The zero-order valence-electron chi connectivity index (χ0n) is 22.7. The highest BCUT2D eigenvalue weighted by Crippen LogP contribution is 2.31. The normalized spacial score (nSPS) is 12.0. The average Bonchev–Trinajstić information content (AvgIpc) is 3.32. The summed E-state index contributed by atoms with van der Waals surface area (Å²) in [6, 6.07) is 19.5. The van der Waals surface area contributed by atoms with Gasteiger partial charge >= 0.3 is 22.4 Å². The van der Waals surface area contributed by atoms with Gasteiger partial charge in [-0.15, -0.1) is 0 Å². The van der Waals surface area contributed by atoms with E-state index in [1.54, 1.807) is 61.5 Å². The van der Waals surface area contributed by atoms with Crippen molar-refractivity contribution in [3.05, 3.63) is 101 Å². The van der Waals surface area contributed by atoms with E-state index in [1.807, 2.05) is 0 Å². The van der Waals surface area contributed by atoms with E-state index in [0.29, 0.717) is 40.4 Å². The largest absolute Gasteiger partial charge is 0.493 e. The van der Waals surface area contributed by atoms with E-state index < -0.39 is 34.5 Å². The van der Waals surface area contributed by atoms with E-state index in [-0.39, 0.29) is 19.0 Å². The molecule has 0 saturated carbocycles. The number of ether oxygens (including phenoxy) is 1. The Kier molecular flexibility index (Phi) is 9.22. The Morgan fingerprint density at radius 3 is 2.36 bits per heavy atom. The van der Waals surface area contributed by atoms with Crippen molar-refractivity contribution < 1.29 is 40.6 Å². The monoisotopic (exact) mass is 603 g/mol. The molecule has 0 amide bonds. The molecule has 0 aliphatic carbocycles. The fourth-order valence-electron chi connectivity index (χ4n) is 4.10. The summed E-state index contributed by atoms with van der Waals surface area (Å²) in [6.07, 6.45) is -4.10. The lowest BCUT2D eigenvalue weighted by Crippen LogP contribution is -2.44. The number of hydrogen-bond donors (Lipinski definition) is 1. The van der Waals surface area contributed by atoms with Gasteiger partial charge in [0.1, 0.15) is 18.1 Å². The van der Waals surface area contributed by atoms with E-state index in [0.717, 1.165) is 20.7 Å². The molecule has 0 spiro atoms. The number of carboxylic acids is 1. The van der Waals surface area contributed by atoms with E-state index in [4.69, 9.17) is 9.15 Å². The van der Waals surface area contributed by atoms with Crippen LogP contribution < -0.4 is 9.04 Å². The fraction of sp³-hybridized carbons (Fsp3) is 0.241. The molecular formula is C29H28F3N3O6S. The van der Waals surface area contributed by atoms with Crippen molar-refractivity contribution in [1.29, 1.82) is 0 Å². The smallest absolute Gasteiger partial charge is 0.416 e. The quantitative estimate of drug-likeness (QED) is 0.226. The highest BCUT2D eigenvalue weighted by molar-refractivity contribution is 7.90. The van der Waals surface area contributed by atoms with Gasteiger partial charge in [-0.05, 0) is 61.0 Å². The van der Waals surface area contributed by atoms with Gasteiger partial charge in [0, 0.05) is 25.6 Å². The number of carboxylic acid groups (broad SMARTS) is 1. The topological polar surface area (TPSA) is 113 Å². The predicted octanol–water partition coefficient (Wildman–Crippen LogP) is 5.56. The third kappa shape index (κ3) is 7.47. The lowest BCUT2D eigenvalue weighted by Gasteiger charge is -2.27. The predicted molar refractivity (Wildman–Crippen MR) is 149 cm³/mol. The van der Waals surface area contributed by atoms with Crippen molar-refractivity contribution in [2.75, 3.05) is 24.5 Å². The second kappa shape index (κ2) is 12.7. The van der Waals surface area contributed by atoms with E-state index in [9.17, 15) is 31.5 Å². The second-order valence-electron chi connectivity index (χ2n) is 9.32. The molecule has 1 aromatic heterocycles. The minimum absolute atomic E-state index is 0.178. The number of nitrogens with zero attached hydrogens (tertiary/aromatic N) is 3. The van der Waals surface area contributed by atoms with Crippen LogP contribution in [0.1, 0.15) is 22.6 Å². The summed E-state index contributed by atoms with van der Waals surface area (Å²) in [4.78, 5) is 15.9. The standard InChI is InChI=1S/C29H28F3N3O6S/c1-20-26(33-28(41-20)22-11-13-23(14-12-22)29(30,31)32)15-16-40-25-10-6-7-21(17-25)18-35(19-27(36)37)42(38,39)34(2)24-8-4-3-5-9-24/h3-14,17H,15-16,18-19H2,1-2H3,(H,36,37). The Hall–Kier alpha value is -4.36. The minimum atomic E-state index is -4.44. The number of alkyl halides is 3. The van der Waals surface area contributed by atoms with Crippen molar-refractivity contribution in [2.24, 2.45) is 0 Å². The van der Waals surface area contributed by atoms with Gasteiger partial charge in [0.2, 0.25) is 5.89 Å². The first-order valence-electron chi connectivity index (χ1n) is 12.7. The Bertz CT molecular complexity index is 1620. The summed E-state index contributed by atoms with van der Waals surface area (Å²) in [5.41, 5.74) is 1.11. The van der Waals surface area contributed by atoms with Gasteiger partial charge in [-0.3, -0.25) is 9.10 Å². The zero-order valence-corrected chi connectivity index (χ0v) is 23.5. The van der Waals surface area contributed by atoms with Gasteiger partial charge in [0.25, 0.3) is 0 Å². The summed E-state index contributed by atoms with van der Waals surface area (Å²) >= 11 is 0. The first kappa shape index (κ1) is 30.6. The van der Waals surface area contributed by atoms with Crippen LogP contribution in [0.5, 0.6) is 5.75 Å². The number of halogens is 3. The first-order valence-corrected chi connectivity index (χ1v) is 14.1. The van der Waals surface area contributed by atoms with Crippen LogP contribution in [0.4, 0.5) is 18.9 Å². The van der Waals surface area contributed by atoms with Gasteiger partial charge in [0.05, 0.1) is 23.6 Å². The van der Waals surface area contributed by atoms with Crippen molar-refractivity contribution >= 4 is 21.9 Å². The van der Waals surface area contributed by atoms with Crippen LogP contribution in [-0.4, -0.2) is 49.0 Å². The summed E-state index contributed by atoms with van der Waals surface area (Å²) < 4.78 is 78.5. The molecule has 0 fully saturated rings. The number of aliphatic carboxylic acids is 1. The number of aromatic nitrogens is 1. The SMILES string of the molecule is Cc1oc(-c2ccc(C(F)(F)F)cc2)nc1CCOc1cccc(CN(CC(=O)O)S(=O)(=O)N(C)c2ccccc2)c1. The van der Waals surface area contributed by atoms with E-state index >= 15 is 0 Å². The first-order chi connectivity index (χ1) is 19.8. The molecule has 0 aliphatic heterocycles. The Balaban J connectivity index is 1.41. The molecule has 0 unspecified atom stereocenters. The molecule has 9 nitrogen and oxygen atoms in total. The molecular weight excluding hydrogens is 575 g/mol. The van der Waals surface area contributed by atoms with Gasteiger partial charge < -0.3 is 14.3 Å². The molecule has 0 radical (unpaired) electrons. The Morgan fingerprint density at radius 2 is 1.71 bits per heavy atom. The molecule has 4 rings (SSSR count). The number of benzene rings is 3. The molecule has 1 heterocycles. The molecule has 0 aliphatic rings. The Labute approximate surface area is 241 Å². The lowest BCUT2D eigenvalue weighted by atomic mass is 10.1. The van der Waals surface area contributed by atoms with Crippen LogP contribution in [0.2, 0.25) is 0 Å². The molecule has 42 heavy (non-hydrogen) atoms. The molecule has 1 N–H and O–H groups in total. The van der Waals surface area contributed by atoms with Crippen LogP contribution in [0.15, 0.2) is 83.3 Å². The van der Waals surface area contributed by atoms with Gasteiger partial charge in [0.15, 0.2) is 0 Å². The Morgan fingerprint density at radius 1 is 1.02 bits per heavy atom. The maximum absolute atomic E-state index is 13.3.